The lowest BCUT2D eigenvalue weighted by Crippen LogP contribution is -2.22. The van der Waals surface area contributed by atoms with Gasteiger partial charge in [-0.1, -0.05) is 51.0 Å². The van der Waals surface area contributed by atoms with E-state index in [0.717, 1.165) is 36.9 Å². The third kappa shape index (κ3) is 5.70. The van der Waals surface area contributed by atoms with Crippen LogP contribution >= 0.6 is 12.2 Å². The highest BCUT2D eigenvalue weighted by Crippen LogP contribution is 2.17. The molecule has 0 aliphatic carbocycles. The van der Waals surface area contributed by atoms with Crippen molar-refractivity contribution in [1.29, 1.82) is 0 Å². The first-order valence-electron chi connectivity index (χ1n) is 7.24. The molecule has 4 heteroatoms. The third-order valence-corrected chi connectivity index (χ3v) is 3.39. The second kappa shape index (κ2) is 8.69. The number of nitrogens with one attached hydrogen (secondary N) is 1. The summed E-state index contributed by atoms with van der Waals surface area (Å²) < 4.78 is 0. The van der Waals surface area contributed by atoms with Crippen molar-refractivity contribution < 1.29 is 4.79 Å². The molecule has 1 aromatic carbocycles. The average Bonchev–Trinajstić information content (AvgIpc) is 2.40. The smallest absolute Gasteiger partial charge is 0.227 e. The van der Waals surface area contributed by atoms with E-state index in [1.165, 1.54) is 0 Å². The molecule has 0 saturated heterocycles. The maximum absolute atomic E-state index is 12.2. The highest BCUT2D eigenvalue weighted by Gasteiger charge is 2.16. The summed E-state index contributed by atoms with van der Waals surface area (Å²) in [5.41, 5.74) is 7.41. The number of amides is 1. The van der Waals surface area contributed by atoms with Crippen LogP contribution in [0, 0.1) is 5.92 Å². The van der Waals surface area contributed by atoms with Crippen molar-refractivity contribution >= 4 is 28.8 Å². The monoisotopic (exact) mass is 292 g/mol. The lowest BCUT2D eigenvalue weighted by molar-refractivity contribution is -0.120. The Hall–Kier alpha value is -1.42. The Morgan fingerprint density at radius 3 is 2.20 bits per heavy atom. The second-order valence-corrected chi connectivity index (χ2v) is 5.63. The van der Waals surface area contributed by atoms with Crippen LogP contribution in [0.4, 0.5) is 5.69 Å². The van der Waals surface area contributed by atoms with Crippen molar-refractivity contribution in [2.24, 2.45) is 11.7 Å². The van der Waals surface area contributed by atoms with Crippen molar-refractivity contribution in [3.05, 3.63) is 29.8 Å². The SMILES string of the molecule is CCCC(CCC)C(=O)Nc1ccc(CC(N)=S)cc1. The van der Waals surface area contributed by atoms with Gasteiger partial charge in [0.1, 0.15) is 0 Å². The van der Waals surface area contributed by atoms with Crippen molar-refractivity contribution in [3.8, 4) is 0 Å². The number of carbonyl (C=O) groups is 1. The summed E-state index contributed by atoms with van der Waals surface area (Å²) in [6.07, 6.45) is 4.55. The van der Waals surface area contributed by atoms with E-state index in [1.807, 2.05) is 24.3 Å². The molecule has 110 valence electrons. The van der Waals surface area contributed by atoms with Crippen molar-refractivity contribution in [2.45, 2.75) is 46.0 Å². The van der Waals surface area contributed by atoms with E-state index in [0.29, 0.717) is 11.4 Å². The number of hydrogen-bond acceptors (Lipinski definition) is 2. The van der Waals surface area contributed by atoms with E-state index in [-0.39, 0.29) is 11.8 Å². The predicted molar refractivity (Wildman–Crippen MR) is 88.9 cm³/mol. The van der Waals surface area contributed by atoms with Gasteiger partial charge in [0.15, 0.2) is 0 Å². The molecular formula is C16H24N2OS. The number of nitrogens with two attached hydrogens (primary N) is 1. The summed E-state index contributed by atoms with van der Waals surface area (Å²) in [6.45, 7) is 4.22. The molecule has 0 fully saturated rings. The zero-order valence-electron chi connectivity index (χ0n) is 12.3. The van der Waals surface area contributed by atoms with E-state index < -0.39 is 0 Å². The molecule has 0 bridgehead atoms. The highest BCUT2D eigenvalue weighted by molar-refractivity contribution is 7.80. The molecule has 3 N–H and O–H groups in total. The molecule has 0 saturated carbocycles. The number of thiocarbonyl (C=S) groups is 1. The van der Waals surface area contributed by atoms with Crippen LogP contribution in [-0.4, -0.2) is 10.9 Å². The molecule has 0 atom stereocenters. The quantitative estimate of drug-likeness (QED) is 0.719. The van der Waals surface area contributed by atoms with Crippen molar-refractivity contribution in [2.75, 3.05) is 5.32 Å². The van der Waals surface area contributed by atoms with Crippen LogP contribution in [0.2, 0.25) is 0 Å². The number of anilines is 1. The Labute approximate surface area is 126 Å². The van der Waals surface area contributed by atoms with E-state index in [4.69, 9.17) is 18.0 Å². The Bertz CT molecular complexity index is 436. The van der Waals surface area contributed by atoms with Crippen LogP contribution < -0.4 is 11.1 Å². The van der Waals surface area contributed by atoms with E-state index in [9.17, 15) is 4.79 Å². The number of carbonyl (C=O) groups excluding carboxylic acids is 1. The molecule has 0 radical (unpaired) electrons. The van der Waals surface area contributed by atoms with Gasteiger partial charge in [-0.15, -0.1) is 0 Å². The normalized spacial score (nSPS) is 10.6. The van der Waals surface area contributed by atoms with E-state index >= 15 is 0 Å². The van der Waals surface area contributed by atoms with Crippen LogP contribution in [0.3, 0.4) is 0 Å². The van der Waals surface area contributed by atoms with Gasteiger partial charge in [-0.05, 0) is 30.5 Å². The minimum absolute atomic E-state index is 0.112. The summed E-state index contributed by atoms with van der Waals surface area (Å²) in [4.78, 5) is 12.7. The minimum atomic E-state index is 0.112. The summed E-state index contributed by atoms with van der Waals surface area (Å²) in [7, 11) is 0. The Morgan fingerprint density at radius 1 is 1.20 bits per heavy atom. The fraction of sp³-hybridized carbons (Fsp3) is 0.500. The average molecular weight is 292 g/mol. The van der Waals surface area contributed by atoms with E-state index in [1.54, 1.807) is 0 Å². The maximum atomic E-state index is 12.2. The molecular weight excluding hydrogens is 268 g/mol. The minimum Gasteiger partial charge on any atom is -0.393 e. The molecule has 1 amide bonds. The fourth-order valence-electron chi connectivity index (χ4n) is 2.25. The Balaban J connectivity index is 2.62. The highest BCUT2D eigenvalue weighted by atomic mass is 32.1. The molecule has 0 aliphatic heterocycles. The van der Waals surface area contributed by atoms with Crippen molar-refractivity contribution in [3.63, 3.8) is 0 Å². The predicted octanol–water partition coefficient (Wildman–Crippen LogP) is 3.67. The van der Waals surface area contributed by atoms with Crippen LogP contribution in [0.1, 0.15) is 45.1 Å². The molecule has 20 heavy (non-hydrogen) atoms. The fourth-order valence-corrected chi connectivity index (χ4v) is 2.42. The van der Waals surface area contributed by atoms with Gasteiger partial charge >= 0.3 is 0 Å². The van der Waals surface area contributed by atoms with Crippen molar-refractivity contribution in [1.82, 2.24) is 0 Å². The zero-order valence-corrected chi connectivity index (χ0v) is 13.1. The summed E-state index contributed by atoms with van der Waals surface area (Å²) in [5, 5.41) is 2.99. The molecule has 0 aromatic heterocycles. The van der Waals surface area contributed by atoms with Gasteiger partial charge < -0.3 is 11.1 Å². The Kier molecular flexibility index (Phi) is 7.23. The second-order valence-electron chi connectivity index (χ2n) is 5.10. The molecule has 1 aromatic rings. The molecule has 1 rings (SSSR count). The van der Waals surface area contributed by atoms with Gasteiger partial charge in [0, 0.05) is 18.0 Å². The standard InChI is InChI=1S/C16H24N2OS/c1-3-5-13(6-4-2)16(19)18-14-9-7-12(8-10-14)11-15(17)20/h7-10,13H,3-6,11H2,1-2H3,(H2,17,20)(H,18,19). The first kappa shape index (κ1) is 16.6. The number of hydrogen-bond donors (Lipinski definition) is 2. The summed E-state index contributed by atoms with van der Waals surface area (Å²) in [5.74, 6) is 0.233. The first-order chi connectivity index (χ1) is 9.56. The largest absolute Gasteiger partial charge is 0.393 e. The Morgan fingerprint density at radius 2 is 1.75 bits per heavy atom. The van der Waals surface area contributed by atoms with Gasteiger partial charge in [0.2, 0.25) is 5.91 Å². The molecule has 0 spiro atoms. The maximum Gasteiger partial charge on any atom is 0.227 e. The van der Waals surface area contributed by atoms with Crippen LogP contribution in [-0.2, 0) is 11.2 Å². The molecule has 3 nitrogen and oxygen atoms in total. The summed E-state index contributed by atoms with van der Waals surface area (Å²) in [6, 6.07) is 7.70. The number of benzene rings is 1. The summed E-state index contributed by atoms with van der Waals surface area (Å²) >= 11 is 4.88. The van der Waals surface area contributed by atoms with E-state index in [2.05, 4.69) is 19.2 Å². The lowest BCUT2D eigenvalue weighted by atomic mass is 9.97. The lowest BCUT2D eigenvalue weighted by Gasteiger charge is -2.15. The van der Waals surface area contributed by atoms with Crippen LogP contribution in [0.25, 0.3) is 0 Å². The third-order valence-electron chi connectivity index (χ3n) is 3.24. The van der Waals surface area contributed by atoms with Gasteiger partial charge in [0.05, 0.1) is 4.99 Å². The zero-order chi connectivity index (χ0) is 15.0. The number of rotatable bonds is 8. The molecule has 0 aliphatic rings. The van der Waals surface area contributed by atoms with Gasteiger partial charge in [0.25, 0.3) is 0 Å². The van der Waals surface area contributed by atoms with Crippen LogP contribution in [0.5, 0.6) is 0 Å². The van der Waals surface area contributed by atoms with Gasteiger partial charge in [-0.25, -0.2) is 0 Å². The molecule has 0 heterocycles. The first-order valence-corrected chi connectivity index (χ1v) is 7.65. The molecule has 0 unspecified atom stereocenters. The van der Waals surface area contributed by atoms with Crippen LogP contribution in [0.15, 0.2) is 24.3 Å². The van der Waals surface area contributed by atoms with Gasteiger partial charge in [-0.3, -0.25) is 4.79 Å². The topological polar surface area (TPSA) is 55.1 Å². The van der Waals surface area contributed by atoms with Gasteiger partial charge in [-0.2, -0.15) is 0 Å².